The van der Waals surface area contributed by atoms with E-state index in [0.717, 1.165) is 18.5 Å². The first kappa shape index (κ1) is 15.7. The van der Waals surface area contributed by atoms with Crippen LogP contribution in [0.15, 0.2) is 42.6 Å². The summed E-state index contributed by atoms with van der Waals surface area (Å²) < 4.78 is 16.7. The molecule has 0 radical (unpaired) electrons. The lowest BCUT2D eigenvalue weighted by Crippen LogP contribution is -2.19. The van der Waals surface area contributed by atoms with Gasteiger partial charge in [0.1, 0.15) is 5.82 Å². The molecule has 1 fully saturated rings. The molecule has 1 saturated heterocycles. The highest BCUT2D eigenvalue weighted by Gasteiger charge is 2.34. The van der Waals surface area contributed by atoms with Gasteiger partial charge in [-0.15, -0.1) is 0 Å². The van der Waals surface area contributed by atoms with Crippen LogP contribution in [0.2, 0.25) is 5.02 Å². The summed E-state index contributed by atoms with van der Waals surface area (Å²) in [5, 5.41) is 5.25. The number of fused-ring (bicyclic) bond motifs is 1. The van der Waals surface area contributed by atoms with Crippen molar-refractivity contribution in [1.29, 1.82) is 0 Å². The van der Waals surface area contributed by atoms with Crippen LogP contribution < -0.4 is 5.32 Å². The number of nitrogens with one attached hydrogen (secondary N) is 1. The third-order valence-corrected chi connectivity index (χ3v) is 5.68. The Morgan fingerprint density at radius 1 is 1.21 bits per heavy atom. The maximum absolute atomic E-state index is 14.6. The molecule has 3 aromatic rings. The van der Waals surface area contributed by atoms with Gasteiger partial charge in [0.05, 0.1) is 5.02 Å². The molecule has 2 aromatic carbocycles. The summed E-state index contributed by atoms with van der Waals surface area (Å²) in [4.78, 5) is 0. The summed E-state index contributed by atoms with van der Waals surface area (Å²) in [5.74, 6) is -0.0138. The molecule has 1 aliphatic rings. The van der Waals surface area contributed by atoms with Crippen molar-refractivity contribution in [2.75, 3.05) is 6.54 Å². The van der Waals surface area contributed by atoms with Gasteiger partial charge in [-0.25, -0.2) is 4.39 Å². The van der Waals surface area contributed by atoms with Crippen molar-refractivity contribution in [2.45, 2.75) is 25.3 Å². The summed E-state index contributed by atoms with van der Waals surface area (Å²) in [5.41, 5.74) is 3.99. The van der Waals surface area contributed by atoms with E-state index < -0.39 is 0 Å². The number of benzene rings is 2. The molecule has 1 N–H and O–H groups in total. The number of rotatable bonds is 2. The minimum Gasteiger partial charge on any atom is -0.350 e. The number of para-hydroxylation sites is 1. The number of hydrogen-bond donors (Lipinski definition) is 1. The molecule has 4 rings (SSSR count). The Labute approximate surface area is 146 Å². The van der Waals surface area contributed by atoms with Gasteiger partial charge in [0.2, 0.25) is 0 Å². The van der Waals surface area contributed by atoms with Crippen LogP contribution in [0.4, 0.5) is 4.39 Å². The Hall–Kier alpha value is -1.84. The fourth-order valence-electron chi connectivity index (χ4n) is 3.97. The lowest BCUT2D eigenvalue weighted by Gasteiger charge is -2.22. The van der Waals surface area contributed by atoms with Gasteiger partial charge in [0, 0.05) is 41.7 Å². The van der Waals surface area contributed by atoms with Gasteiger partial charge in [-0.1, -0.05) is 35.9 Å². The van der Waals surface area contributed by atoms with Crippen molar-refractivity contribution in [3.8, 4) is 0 Å². The van der Waals surface area contributed by atoms with Crippen LogP contribution >= 0.6 is 11.6 Å². The number of hydrogen-bond acceptors (Lipinski definition) is 1. The lowest BCUT2D eigenvalue weighted by atomic mass is 9.87. The predicted octanol–water partition coefficient (Wildman–Crippen LogP) is 5.10. The normalized spacial score (nSPS) is 20.8. The van der Waals surface area contributed by atoms with E-state index >= 15 is 0 Å². The van der Waals surface area contributed by atoms with Crippen LogP contribution in [0.5, 0.6) is 0 Å². The highest BCUT2D eigenvalue weighted by Crippen LogP contribution is 2.44. The van der Waals surface area contributed by atoms with E-state index in [0.29, 0.717) is 10.6 Å². The summed E-state index contributed by atoms with van der Waals surface area (Å²) in [6.45, 7) is 2.79. The first-order valence-electron chi connectivity index (χ1n) is 8.29. The Morgan fingerprint density at radius 2 is 2.00 bits per heavy atom. The molecule has 0 amide bonds. The van der Waals surface area contributed by atoms with Crippen molar-refractivity contribution < 1.29 is 4.39 Å². The van der Waals surface area contributed by atoms with Gasteiger partial charge < -0.3 is 9.88 Å². The quantitative estimate of drug-likeness (QED) is 0.685. The Balaban J connectivity index is 1.85. The number of nitrogens with zero attached hydrogens (tertiary/aromatic N) is 1. The minimum absolute atomic E-state index is 0.0943. The van der Waals surface area contributed by atoms with E-state index in [4.69, 9.17) is 11.6 Å². The zero-order chi connectivity index (χ0) is 16.8. The van der Waals surface area contributed by atoms with Gasteiger partial charge in [-0.2, -0.15) is 0 Å². The third-order valence-electron chi connectivity index (χ3n) is 5.18. The molecule has 0 aliphatic carbocycles. The molecule has 24 heavy (non-hydrogen) atoms. The van der Waals surface area contributed by atoms with E-state index in [2.05, 4.69) is 41.3 Å². The zero-order valence-electron chi connectivity index (χ0n) is 13.8. The summed E-state index contributed by atoms with van der Waals surface area (Å²) in [6.07, 6.45) is 3.15. The highest BCUT2D eigenvalue weighted by molar-refractivity contribution is 6.32. The van der Waals surface area contributed by atoms with Crippen molar-refractivity contribution >= 4 is 22.5 Å². The smallest absolute Gasteiger partial charge is 0.129 e. The average Bonchev–Trinajstić information content (AvgIpc) is 3.17. The van der Waals surface area contributed by atoms with Crippen LogP contribution in [0.3, 0.4) is 0 Å². The average molecular weight is 343 g/mol. The molecule has 4 heteroatoms. The van der Waals surface area contributed by atoms with Crippen molar-refractivity contribution in [1.82, 2.24) is 9.88 Å². The lowest BCUT2D eigenvalue weighted by molar-refractivity contribution is 0.526. The second-order valence-electron chi connectivity index (χ2n) is 6.63. The molecule has 124 valence electrons. The standard InChI is InChI=1S/C20H20ClFN2/c1-12-7-8-16(22)18(19(12)21)20-14(9-10-23-20)15-11-24(2)17-6-4-3-5-13(15)17/h3-8,11,14,20,23H,9-10H2,1-2H3. The number of aryl methyl sites for hydroxylation is 2. The van der Waals surface area contributed by atoms with Crippen LogP contribution in [0, 0.1) is 12.7 Å². The first-order chi connectivity index (χ1) is 11.6. The molecule has 2 unspecified atom stereocenters. The topological polar surface area (TPSA) is 17.0 Å². The van der Waals surface area contributed by atoms with Gasteiger partial charge in [-0.3, -0.25) is 0 Å². The monoisotopic (exact) mass is 342 g/mol. The second-order valence-corrected chi connectivity index (χ2v) is 7.01. The minimum atomic E-state index is -0.227. The number of aromatic nitrogens is 1. The van der Waals surface area contributed by atoms with Gasteiger partial charge in [0.25, 0.3) is 0 Å². The fourth-order valence-corrected chi connectivity index (χ4v) is 4.24. The first-order valence-corrected chi connectivity index (χ1v) is 8.67. The molecule has 2 nitrogen and oxygen atoms in total. The van der Waals surface area contributed by atoms with E-state index in [9.17, 15) is 4.39 Å². The molecular formula is C20H20ClFN2. The molecule has 2 atom stereocenters. The molecule has 0 bridgehead atoms. The Bertz CT molecular complexity index is 915. The molecular weight excluding hydrogens is 323 g/mol. The summed E-state index contributed by atoms with van der Waals surface area (Å²) in [7, 11) is 2.06. The Kier molecular flexibility index (Phi) is 3.86. The van der Waals surface area contributed by atoms with Crippen molar-refractivity contribution in [2.24, 2.45) is 7.05 Å². The van der Waals surface area contributed by atoms with Crippen molar-refractivity contribution in [3.63, 3.8) is 0 Å². The van der Waals surface area contributed by atoms with Crippen molar-refractivity contribution in [3.05, 3.63) is 70.1 Å². The third kappa shape index (κ3) is 2.35. The van der Waals surface area contributed by atoms with E-state index in [1.807, 2.05) is 13.0 Å². The summed E-state index contributed by atoms with van der Waals surface area (Å²) >= 11 is 6.47. The van der Waals surface area contributed by atoms with Crippen LogP contribution in [0.25, 0.3) is 10.9 Å². The van der Waals surface area contributed by atoms with E-state index in [1.54, 1.807) is 6.07 Å². The van der Waals surface area contributed by atoms with Crippen LogP contribution in [-0.2, 0) is 7.05 Å². The zero-order valence-corrected chi connectivity index (χ0v) is 14.6. The predicted molar refractivity (Wildman–Crippen MR) is 97.2 cm³/mol. The largest absolute Gasteiger partial charge is 0.350 e. The number of halogens is 2. The maximum atomic E-state index is 14.6. The van der Waals surface area contributed by atoms with Gasteiger partial charge in [0.15, 0.2) is 0 Å². The molecule has 2 heterocycles. The molecule has 1 aromatic heterocycles. The summed E-state index contributed by atoms with van der Waals surface area (Å²) in [6, 6.07) is 11.5. The van der Waals surface area contributed by atoms with E-state index in [-0.39, 0.29) is 17.8 Å². The van der Waals surface area contributed by atoms with Crippen LogP contribution in [-0.4, -0.2) is 11.1 Å². The maximum Gasteiger partial charge on any atom is 0.129 e. The highest BCUT2D eigenvalue weighted by atomic mass is 35.5. The van der Waals surface area contributed by atoms with E-state index in [1.165, 1.54) is 22.5 Å². The second kappa shape index (κ2) is 5.91. The SMILES string of the molecule is Cc1ccc(F)c(C2NCCC2c2cn(C)c3ccccc23)c1Cl. The fraction of sp³-hybridized carbons (Fsp3) is 0.300. The molecule has 0 spiro atoms. The molecule has 1 aliphatic heterocycles. The Morgan fingerprint density at radius 3 is 2.83 bits per heavy atom. The van der Waals surface area contributed by atoms with Crippen LogP contribution in [0.1, 0.15) is 35.1 Å². The molecule has 0 saturated carbocycles. The van der Waals surface area contributed by atoms with Gasteiger partial charge in [-0.05, 0) is 43.1 Å². The van der Waals surface area contributed by atoms with Gasteiger partial charge >= 0.3 is 0 Å².